The Balaban J connectivity index is 1.80. The summed E-state index contributed by atoms with van der Waals surface area (Å²) in [6.45, 7) is 1.38. The lowest BCUT2D eigenvalue weighted by atomic mass is 10.1. The molecule has 5 nitrogen and oxygen atoms in total. The van der Waals surface area contributed by atoms with Crippen LogP contribution in [0.3, 0.4) is 0 Å². The summed E-state index contributed by atoms with van der Waals surface area (Å²) >= 11 is 10.2. The Morgan fingerprint density at radius 3 is 2.55 bits per heavy atom. The van der Waals surface area contributed by atoms with E-state index in [2.05, 4.69) is 25.8 Å². The van der Waals surface area contributed by atoms with Crippen molar-refractivity contribution in [2.24, 2.45) is 0 Å². The Morgan fingerprint density at radius 1 is 1.13 bits per heavy atom. The highest BCUT2D eigenvalue weighted by molar-refractivity contribution is 9.10. The van der Waals surface area contributed by atoms with Crippen LogP contribution in [0.5, 0.6) is 0 Å². The number of sulfonamides is 1. The maximum Gasteiger partial charge on any atom is 0.211 e. The summed E-state index contributed by atoms with van der Waals surface area (Å²) in [6.07, 6.45) is 5.47. The molecule has 0 amide bonds. The molecule has 0 fully saturated rings. The first-order valence-electron chi connectivity index (χ1n) is 9.94. The van der Waals surface area contributed by atoms with E-state index in [1.54, 1.807) is 10.5 Å². The molecule has 0 aliphatic carbocycles. The fourth-order valence-corrected chi connectivity index (χ4v) is 6.18. The molecule has 2 aromatic carbocycles. The van der Waals surface area contributed by atoms with Gasteiger partial charge in [0.1, 0.15) is 0 Å². The predicted molar refractivity (Wildman–Crippen MR) is 129 cm³/mol. The molecule has 162 valence electrons. The number of pyridine rings is 1. The van der Waals surface area contributed by atoms with Gasteiger partial charge < -0.3 is 4.90 Å². The Morgan fingerprint density at radius 2 is 1.87 bits per heavy atom. The van der Waals surface area contributed by atoms with E-state index in [9.17, 15) is 8.42 Å². The van der Waals surface area contributed by atoms with Crippen LogP contribution in [0.25, 0.3) is 0 Å². The number of fused-ring (bicyclic) bond motifs is 1. The standard InChI is InChI=1S/C23H23BrClN3O2S/c1-31(29,30)28-15-19-11-20(24)12-22(25)23(19)27(14-18-8-5-9-26-13-18)16-21(28)10-17-6-3-2-4-7-17/h2-9,11-13,21H,10,14-16H2,1H3/t21-/m1/s1. The quantitative estimate of drug-likeness (QED) is 0.481. The topological polar surface area (TPSA) is 53.5 Å². The van der Waals surface area contributed by atoms with Crippen LogP contribution in [0.1, 0.15) is 16.7 Å². The number of hydrogen-bond donors (Lipinski definition) is 0. The molecular weight excluding hydrogens is 498 g/mol. The lowest BCUT2D eigenvalue weighted by Gasteiger charge is -2.31. The van der Waals surface area contributed by atoms with Crippen molar-refractivity contribution in [3.8, 4) is 0 Å². The Bertz CT molecular complexity index is 1160. The highest BCUT2D eigenvalue weighted by atomic mass is 79.9. The second-order valence-corrected chi connectivity index (χ2v) is 11.0. The van der Waals surface area contributed by atoms with Gasteiger partial charge in [-0.1, -0.05) is 63.9 Å². The zero-order chi connectivity index (χ0) is 22.0. The molecule has 0 N–H and O–H groups in total. The minimum atomic E-state index is -3.45. The summed E-state index contributed by atoms with van der Waals surface area (Å²) in [5, 5.41) is 0.599. The van der Waals surface area contributed by atoms with E-state index in [0.29, 0.717) is 24.5 Å². The van der Waals surface area contributed by atoms with Gasteiger partial charge in [0, 0.05) is 42.5 Å². The zero-order valence-electron chi connectivity index (χ0n) is 17.1. The molecule has 1 aromatic heterocycles. The van der Waals surface area contributed by atoms with Gasteiger partial charge >= 0.3 is 0 Å². The number of nitrogens with zero attached hydrogens (tertiary/aromatic N) is 3. The SMILES string of the molecule is CS(=O)(=O)N1Cc2cc(Br)cc(Cl)c2N(Cc2cccnc2)C[C@H]1Cc1ccccc1. The molecule has 2 heterocycles. The highest BCUT2D eigenvalue weighted by Crippen LogP contribution is 2.38. The van der Waals surface area contributed by atoms with Crippen molar-refractivity contribution in [3.05, 3.63) is 93.2 Å². The van der Waals surface area contributed by atoms with E-state index in [1.807, 2.05) is 60.8 Å². The van der Waals surface area contributed by atoms with Crippen molar-refractivity contribution in [2.75, 3.05) is 17.7 Å². The second kappa shape index (κ2) is 9.28. The number of rotatable bonds is 5. The first kappa shape index (κ1) is 22.3. The molecule has 1 aliphatic rings. The summed E-state index contributed by atoms with van der Waals surface area (Å²) in [7, 11) is -3.45. The first-order chi connectivity index (χ1) is 14.8. The fraction of sp³-hybridized carbons (Fsp3) is 0.261. The van der Waals surface area contributed by atoms with Gasteiger partial charge in [-0.3, -0.25) is 4.98 Å². The lowest BCUT2D eigenvalue weighted by Crippen LogP contribution is -2.45. The van der Waals surface area contributed by atoms with E-state index in [1.165, 1.54) is 6.26 Å². The minimum Gasteiger partial charge on any atom is -0.364 e. The van der Waals surface area contributed by atoms with Gasteiger partial charge in [0.15, 0.2) is 0 Å². The molecule has 0 radical (unpaired) electrons. The minimum absolute atomic E-state index is 0.240. The molecule has 1 aliphatic heterocycles. The normalized spacial score (nSPS) is 17.3. The van der Waals surface area contributed by atoms with Crippen LogP contribution < -0.4 is 4.90 Å². The van der Waals surface area contributed by atoms with Crippen LogP contribution >= 0.6 is 27.5 Å². The van der Waals surface area contributed by atoms with Crippen LogP contribution in [0.2, 0.25) is 5.02 Å². The average Bonchev–Trinajstić information content (AvgIpc) is 2.86. The molecule has 31 heavy (non-hydrogen) atoms. The fourth-order valence-electron chi connectivity index (χ4n) is 4.12. The summed E-state index contributed by atoms with van der Waals surface area (Å²) in [5.41, 5.74) is 3.89. The summed E-state index contributed by atoms with van der Waals surface area (Å²) < 4.78 is 28.1. The molecule has 8 heteroatoms. The van der Waals surface area contributed by atoms with Crippen molar-refractivity contribution in [1.82, 2.24) is 9.29 Å². The maximum absolute atomic E-state index is 12.8. The zero-order valence-corrected chi connectivity index (χ0v) is 20.2. The molecule has 4 rings (SSSR count). The van der Waals surface area contributed by atoms with Crippen molar-refractivity contribution >= 4 is 43.2 Å². The van der Waals surface area contributed by atoms with Gasteiger partial charge in [-0.2, -0.15) is 4.31 Å². The third-order valence-corrected chi connectivity index (χ3v) is 7.45. The molecule has 0 saturated heterocycles. The lowest BCUT2D eigenvalue weighted by molar-refractivity contribution is 0.320. The second-order valence-electron chi connectivity index (χ2n) is 7.79. The van der Waals surface area contributed by atoms with Gasteiger partial charge in [-0.05, 0) is 41.3 Å². The maximum atomic E-state index is 12.8. The van der Waals surface area contributed by atoms with Crippen molar-refractivity contribution < 1.29 is 8.42 Å². The molecule has 0 saturated carbocycles. The first-order valence-corrected chi connectivity index (χ1v) is 13.0. The van der Waals surface area contributed by atoms with Crippen LogP contribution in [-0.4, -0.2) is 36.5 Å². The van der Waals surface area contributed by atoms with E-state index in [4.69, 9.17) is 11.6 Å². The number of aromatic nitrogens is 1. The smallest absolute Gasteiger partial charge is 0.211 e. The summed E-state index contributed by atoms with van der Waals surface area (Å²) in [4.78, 5) is 6.41. The van der Waals surface area contributed by atoms with Gasteiger partial charge in [-0.25, -0.2) is 8.42 Å². The Hall–Kier alpha value is -1.93. The predicted octanol–water partition coefficient (Wildman–Crippen LogP) is 4.89. The monoisotopic (exact) mass is 519 g/mol. The highest BCUT2D eigenvalue weighted by Gasteiger charge is 2.34. The van der Waals surface area contributed by atoms with Crippen LogP contribution in [0.4, 0.5) is 5.69 Å². The van der Waals surface area contributed by atoms with Gasteiger partial charge in [0.2, 0.25) is 10.0 Å². The molecule has 0 unspecified atom stereocenters. The van der Waals surface area contributed by atoms with Crippen LogP contribution in [0, 0.1) is 0 Å². The molecule has 1 atom stereocenters. The number of halogens is 2. The Labute approximate surface area is 196 Å². The van der Waals surface area contributed by atoms with Gasteiger partial charge in [0.25, 0.3) is 0 Å². The van der Waals surface area contributed by atoms with Gasteiger partial charge in [-0.15, -0.1) is 0 Å². The van der Waals surface area contributed by atoms with Crippen molar-refractivity contribution in [3.63, 3.8) is 0 Å². The number of hydrogen-bond acceptors (Lipinski definition) is 4. The van der Waals surface area contributed by atoms with E-state index >= 15 is 0 Å². The number of anilines is 1. The van der Waals surface area contributed by atoms with Crippen molar-refractivity contribution in [2.45, 2.75) is 25.6 Å². The third-order valence-electron chi connectivity index (χ3n) is 5.42. The molecule has 3 aromatic rings. The summed E-state index contributed by atoms with van der Waals surface area (Å²) in [5.74, 6) is 0. The van der Waals surface area contributed by atoms with E-state index in [-0.39, 0.29) is 12.6 Å². The van der Waals surface area contributed by atoms with E-state index in [0.717, 1.165) is 26.9 Å². The summed E-state index contributed by atoms with van der Waals surface area (Å²) in [6, 6.07) is 17.5. The third kappa shape index (κ3) is 5.29. The molecule has 0 bridgehead atoms. The molecular formula is C23H23BrClN3O2S. The molecule has 0 spiro atoms. The van der Waals surface area contributed by atoms with Gasteiger partial charge in [0.05, 0.1) is 17.0 Å². The van der Waals surface area contributed by atoms with E-state index < -0.39 is 10.0 Å². The average molecular weight is 521 g/mol. The van der Waals surface area contributed by atoms with Crippen LogP contribution in [0.15, 0.2) is 71.5 Å². The largest absolute Gasteiger partial charge is 0.364 e. The van der Waals surface area contributed by atoms with Crippen molar-refractivity contribution in [1.29, 1.82) is 0 Å². The van der Waals surface area contributed by atoms with Crippen LogP contribution in [-0.2, 0) is 29.5 Å². The Kier molecular flexibility index (Phi) is 6.67. The number of benzene rings is 2.